The molecule has 3 N–H and O–H groups in total. The Morgan fingerprint density at radius 1 is 1.06 bits per heavy atom. The summed E-state index contributed by atoms with van der Waals surface area (Å²) in [6.45, 7) is 4.11. The maximum Gasteiger partial charge on any atom is 0.326 e. The van der Waals surface area contributed by atoms with Crippen LogP contribution in [0.1, 0.15) is 45.1 Å². The summed E-state index contributed by atoms with van der Waals surface area (Å²) in [5, 5.41) is 16.3. The standard InChI is InChI=1S/C40H44N4O8/c1-24(2)12-15-37(45)42-34-19-25-8-7-11-28(18-25)51-17-16-31(40(48)49)43-38(46)35-21-29(23-44(35)39(34)47)52-36-22-32(26-9-5-4-6-10-26)41-33-20-27(50-3)13-14-30(33)36/h4-11,13-14,18,20,22,24,29,31,34-35H,12,15-17,19,21,23H2,1-3H3,(H,42,45)(H,43,46)(H,48,49)/t29-,31?,34?,35+/m1/s1. The maximum atomic E-state index is 14.6. The monoisotopic (exact) mass is 708 g/mol. The van der Waals surface area contributed by atoms with Crippen LogP contribution in [0.4, 0.5) is 0 Å². The number of carbonyl (C=O) groups excluding carboxylic acids is 3. The van der Waals surface area contributed by atoms with Gasteiger partial charge < -0.3 is 34.9 Å². The average molecular weight is 709 g/mol. The molecule has 2 aliphatic heterocycles. The highest BCUT2D eigenvalue weighted by atomic mass is 16.5. The van der Waals surface area contributed by atoms with Crippen LogP contribution in [0.25, 0.3) is 22.2 Å². The molecule has 6 rings (SSSR count). The van der Waals surface area contributed by atoms with E-state index in [1.165, 1.54) is 4.90 Å². The van der Waals surface area contributed by atoms with Gasteiger partial charge in [-0.05, 0) is 42.2 Å². The molecule has 2 aliphatic rings. The lowest BCUT2D eigenvalue weighted by Crippen LogP contribution is -2.56. The second-order valence-electron chi connectivity index (χ2n) is 13.7. The number of amides is 3. The predicted octanol–water partition coefficient (Wildman–Crippen LogP) is 4.77. The predicted molar refractivity (Wildman–Crippen MR) is 194 cm³/mol. The zero-order valence-electron chi connectivity index (χ0n) is 29.5. The van der Waals surface area contributed by atoms with Gasteiger partial charge in [-0.1, -0.05) is 56.3 Å². The van der Waals surface area contributed by atoms with Crippen molar-refractivity contribution in [2.45, 2.75) is 70.2 Å². The minimum atomic E-state index is -1.25. The van der Waals surface area contributed by atoms with Gasteiger partial charge in [0.05, 0.1) is 31.5 Å². The molecule has 4 atom stereocenters. The summed E-state index contributed by atoms with van der Waals surface area (Å²) in [7, 11) is 1.58. The van der Waals surface area contributed by atoms with Crippen molar-refractivity contribution in [3.05, 3.63) is 84.4 Å². The number of aliphatic carboxylic acids is 1. The number of fused-ring (bicyclic) bond motifs is 4. The van der Waals surface area contributed by atoms with E-state index in [-0.39, 0.29) is 44.7 Å². The highest BCUT2D eigenvalue weighted by molar-refractivity contribution is 5.94. The van der Waals surface area contributed by atoms with Crippen LogP contribution in [0.3, 0.4) is 0 Å². The summed E-state index contributed by atoms with van der Waals surface area (Å²) in [6.07, 6.45) is 0.492. The summed E-state index contributed by atoms with van der Waals surface area (Å²) in [6, 6.07) is 20.8. The molecule has 1 fully saturated rings. The number of rotatable bonds is 9. The second kappa shape index (κ2) is 16.1. The fraction of sp³-hybridized carbons (Fsp3) is 0.375. The number of carbonyl (C=O) groups is 4. The van der Waals surface area contributed by atoms with Gasteiger partial charge >= 0.3 is 5.97 Å². The highest BCUT2D eigenvalue weighted by Crippen LogP contribution is 2.35. The summed E-state index contributed by atoms with van der Waals surface area (Å²) in [5.74, 6) is -0.664. The maximum absolute atomic E-state index is 14.6. The molecule has 0 radical (unpaired) electrons. The van der Waals surface area contributed by atoms with Crippen LogP contribution in [-0.2, 0) is 25.6 Å². The number of ether oxygens (including phenoxy) is 3. The van der Waals surface area contributed by atoms with Crippen LogP contribution in [-0.4, -0.2) is 83.2 Å². The van der Waals surface area contributed by atoms with Gasteiger partial charge in [-0.15, -0.1) is 0 Å². The fourth-order valence-electron chi connectivity index (χ4n) is 6.62. The lowest BCUT2D eigenvalue weighted by molar-refractivity contribution is -0.145. The number of pyridine rings is 1. The van der Waals surface area contributed by atoms with E-state index in [0.29, 0.717) is 46.2 Å². The van der Waals surface area contributed by atoms with Gasteiger partial charge in [0.15, 0.2) is 0 Å². The molecule has 2 bridgehead atoms. The largest absolute Gasteiger partial charge is 0.497 e. The van der Waals surface area contributed by atoms with Crippen LogP contribution in [0, 0.1) is 5.92 Å². The Bertz CT molecular complexity index is 1930. The Kier molecular flexibility index (Phi) is 11.2. The molecular weight excluding hydrogens is 664 g/mol. The van der Waals surface area contributed by atoms with E-state index < -0.39 is 42.0 Å². The number of hydrogen-bond acceptors (Lipinski definition) is 8. The molecule has 1 aromatic heterocycles. The molecule has 0 saturated carbocycles. The van der Waals surface area contributed by atoms with Crippen LogP contribution >= 0.6 is 0 Å². The zero-order valence-corrected chi connectivity index (χ0v) is 29.5. The van der Waals surface area contributed by atoms with Gasteiger partial charge in [0.2, 0.25) is 17.7 Å². The Hall–Kier alpha value is -5.65. The molecule has 0 spiro atoms. The summed E-state index contributed by atoms with van der Waals surface area (Å²) in [5.41, 5.74) is 2.92. The van der Waals surface area contributed by atoms with Crippen molar-refractivity contribution < 1.29 is 38.5 Å². The molecule has 3 aromatic carbocycles. The first kappa shape index (κ1) is 36.2. The third kappa shape index (κ3) is 8.62. The lowest BCUT2D eigenvalue weighted by atomic mass is 10.0. The second-order valence-corrected chi connectivity index (χ2v) is 13.7. The number of methoxy groups -OCH3 is 1. The van der Waals surface area contributed by atoms with Gasteiger partial charge in [-0.3, -0.25) is 14.4 Å². The molecule has 52 heavy (non-hydrogen) atoms. The molecular formula is C40H44N4O8. The summed E-state index contributed by atoms with van der Waals surface area (Å²) in [4.78, 5) is 60.2. The molecule has 272 valence electrons. The molecule has 12 nitrogen and oxygen atoms in total. The fourth-order valence-corrected chi connectivity index (χ4v) is 6.62. The third-order valence-corrected chi connectivity index (χ3v) is 9.40. The first-order valence-electron chi connectivity index (χ1n) is 17.6. The van der Waals surface area contributed by atoms with E-state index in [0.717, 1.165) is 11.1 Å². The van der Waals surface area contributed by atoms with Gasteiger partial charge in [-0.25, -0.2) is 9.78 Å². The molecule has 0 aliphatic carbocycles. The summed E-state index contributed by atoms with van der Waals surface area (Å²) < 4.78 is 18.0. The van der Waals surface area contributed by atoms with Crippen LogP contribution in [0.15, 0.2) is 78.9 Å². The van der Waals surface area contributed by atoms with E-state index in [9.17, 15) is 24.3 Å². The number of carboxylic acid groups (broad SMARTS) is 1. The van der Waals surface area contributed by atoms with Gasteiger partial charge in [0.25, 0.3) is 0 Å². The van der Waals surface area contributed by atoms with Crippen LogP contribution < -0.4 is 24.8 Å². The van der Waals surface area contributed by atoms with Crippen molar-refractivity contribution in [2.24, 2.45) is 5.92 Å². The van der Waals surface area contributed by atoms with E-state index in [1.54, 1.807) is 25.3 Å². The summed E-state index contributed by atoms with van der Waals surface area (Å²) >= 11 is 0. The quantitative estimate of drug-likeness (QED) is 0.223. The topological polar surface area (TPSA) is 156 Å². The van der Waals surface area contributed by atoms with Gasteiger partial charge in [-0.2, -0.15) is 0 Å². The van der Waals surface area contributed by atoms with E-state index in [2.05, 4.69) is 10.6 Å². The Morgan fingerprint density at radius 2 is 1.87 bits per heavy atom. The van der Waals surface area contributed by atoms with E-state index in [1.807, 2.05) is 74.5 Å². The molecule has 3 amide bonds. The van der Waals surface area contributed by atoms with E-state index >= 15 is 0 Å². The molecule has 12 heteroatoms. The molecule has 3 heterocycles. The number of nitrogens with one attached hydrogen (secondary N) is 2. The van der Waals surface area contributed by atoms with Crippen LogP contribution in [0.5, 0.6) is 17.2 Å². The molecule has 4 aromatic rings. The zero-order chi connectivity index (χ0) is 36.8. The van der Waals surface area contributed by atoms with Crippen LogP contribution in [0.2, 0.25) is 0 Å². The Labute approximate surface area is 302 Å². The minimum Gasteiger partial charge on any atom is -0.497 e. The number of benzene rings is 3. The SMILES string of the molecule is COc1ccc2c(O[C@@H]3C[C@H]4C(=O)NC(C(=O)O)CCOc5cccc(c5)CC(NC(=O)CCC(C)C)C(=O)N4C3)cc(-c3ccccc3)nc2c1. The smallest absolute Gasteiger partial charge is 0.326 e. The van der Waals surface area contributed by atoms with Crippen molar-refractivity contribution >= 4 is 34.6 Å². The van der Waals surface area contributed by atoms with E-state index in [4.69, 9.17) is 19.2 Å². The average Bonchev–Trinajstić information content (AvgIpc) is 3.56. The normalized spacial score (nSPS) is 20.7. The third-order valence-electron chi connectivity index (χ3n) is 9.40. The van der Waals surface area contributed by atoms with Crippen molar-refractivity contribution in [2.75, 3.05) is 20.3 Å². The lowest BCUT2D eigenvalue weighted by Gasteiger charge is -2.30. The van der Waals surface area contributed by atoms with Crippen molar-refractivity contribution in [1.29, 1.82) is 0 Å². The van der Waals surface area contributed by atoms with Gasteiger partial charge in [0.1, 0.15) is 41.5 Å². The highest BCUT2D eigenvalue weighted by Gasteiger charge is 2.44. The van der Waals surface area contributed by atoms with Crippen molar-refractivity contribution in [3.63, 3.8) is 0 Å². The van der Waals surface area contributed by atoms with Crippen molar-refractivity contribution in [3.8, 4) is 28.5 Å². The first-order chi connectivity index (χ1) is 25.1. The Balaban J connectivity index is 1.36. The Morgan fingerprint density at radius 3 is 2.62 bits per heavy atom. The number of hydrogen-bond donors (Lipinski definition) is 3. The number of nitrogens with zero attached hydrogens (tertiary/aromatic N) is 2. The molecule has 2 unspecified atom stereocenters. The van der Waals surface area contributed by atoms with Crippen molar-refractivity contribution in [1.82, 2.24) is 20.5 Å². The number of carboxylic acids is 1. The minimum absolute atomic E-state index is 0.00909. The van der Waals surface area contributed by atoms with Gasteiger partial charge in [0, 0.05) is 48.8 Å². The molecule has 1 saturated heterocycles. The first-order valence-corrected chi connectivity index (χ1v) is 17.6. The number of aromatic nitrogens is 1.